The lowest BCUT2D eigenvalue weighted by molar-refractivity contribution is 0.585. The van der Waals surface area contributed by atoms with Gasteiger partial charge in [-0.2, -0.15) is 0 Å². The molecule has 0 aliphatic carbocycles. The van der Waals surface area contributed by atoms with Crippen LogP contribution in [-0.4, -0.2) is 7.05 Å². The van der Waals surface area contributed by atoms with Crippen molar-refractivity contribution in [1.82, 2.24) is 0 Å². The summed E-state index contributed by atoms with van der Waals surface area (Å²) in [6.45, 7) is 2.36. The van der Waals surface area contributed by atoms with Crippen LogP contribution < -0.4 is 10.6 Å². The third kappa shape index (κ3) is 2.94. The Labute approximate surface area is 124 Å². The predicted molar refractivity (Wildman–Crippen MR) is 82.6 cm³/mol. The summed E-state index contributed by atoms with van der Waals surface area (Å²) in [5.74, 6) is -0.199. The second-order valence-corrected chi connectivity index (χ2v) is 5.22. The van der Waals surface area contributed by atoms with Crippen molar-refractivity contribution in [2.24, 2.45) is 5.73 Å². The molecule has 2 nitrogen and oxygen atoms in total. The van der Waals surface area contributed by atoms with Crippen molar-refractivity contribution in [2.45, 2.75) is 19.5 Å². The van der Waals surface area contributed by atoms with E-state index in [9.17, 15) is 4.39 Å². The van der Waals surface area contributed by atoms with Crippen molar-refractivity contribution in [1.29, 1.82) is 0 Å². The van der Waals surface area contributed by atoms with Gasteiger partial charge in [0.1, 0.15) is 5.82 Å². The van der Waals surface area contributed by atoms with Crippen LogP contribution >= 0.6 is 11.6 Å². The van der Waals surface area contributed by atoms with E-state index >= 15 is 0 Å². The Kier molecular flexibility index (Phi) is 4.63. The van der Waals surface area contributed by atoms with Gasteiger partial charge >= 0.3 is 0 Å². The van der Waals surface area contributed by atoms with Crippen molar-refractivity contribution in [3.63, 3.8) is 0 Å². The van der Waals surface area contributed by atoms with Crippen LogP contribution in [0.3, 0.4) is 0 Å². The highest BCUT2D eigenvalue weighted by Gasteiger charge is 2.17. The number of anilines is 1. The second-order valence-electron chi connectivity index (χ2n) is 4.79. The largest absolute Gasteiger partial charge is 0.367 e. The van der Waals surface area contributed by atoms with E-state index in [1.54, 1.807) is 12.1 Å². The van der Waals surface area contributed by atoms with Gasteiger partial charge in [0, 0.05) is 29.9 Å². The molecular formula is C16H18ClFN2. The Morgan fingerprint density at radius 3 is 2.60 bits per heavy atom. The van der Waals surface area contributed by atoms with Crippen LogP contribution in [0.25, 0.3) is 0 Å². The maximum Gasteiger partial charge on any atom is 0.128 e. The molecule has 0 aliphatic heterocycles. The summed E-state index contributed by atoms with van der Waals surface area (Å²) in [5.41, 5.74) is 8.34. The summed E-state index contributed by atoms with van der Waals surface area (Å²) in [7, 11) is 1.93. The highest BCUT2D eigenvalue weighted by atomic mass is 35.5. The molecule has 1 atom stereocenters. The molecule has 4 heteroatoms. The first-order valence-corrected chi connectivity index (χ1v) is 6.88. The number of hydrogen-bond acceptors (Lipinski definition) is 2. The lowest BCUT2D eigenvalue weighted by atomic mass is 10.0. The summed E-state index contributed by atoms with van der Waals surface area (Å²) >= 11 is 5.99. The van der Waals surface area contributed by atoms with Crippen molar-refractivity contribution in [2.75, 3.05) is 11.9 Å². The first-order chi connectivity index (χ1) is 9.54. The molecule has 0 saturated carbocycles. The van der Waals surface area contributed by atoms with E-state index < -0.39 is 0 Å². The first-order valence-electron chi connectivity index (χ1n) is 6.50. The van der Waals surface area contributed by atoms with E-state index in [0.717, 1.165) is 11.3 Å². The minimum atomic E-state index is -0.199. The van der Waals surface area contributed by atoms with E-state index in [2.05, 4.69) is 0 Å². The van der Waals surface area contributed by atoms with Crippen LogP contribution in [0.4, 0.5) is 10.1 Å². The molecule has 2 N–H and O–H groups in total. The summed E-state index contributed by atoms with van der Waals surface area (Å²) in [4.78, 5) is 2.01. The fourth-order valence-electron chi connectivity index (χ4n) is 2.29. The van der Waals surface area contributed by atoms with Gasteiger partial charge in [0.15, 0.2) is 0 Å². The minimum absolute atomic E-state index is 0.0947. The SMILES string of the molecule is CC(c1ccccc1F)N(C)c1ccc(Cl)cc1CN. The molecule has 0 heterocycles. The number of benzene rings is 2. The fraction of sp³-hybridized carbons (Fsp3) is 0.250. The third-order valence-corrected chi connectivity index (χ3v) is 3.81. The quantitative estimate of drug-likeness (QED) is 0.918. The Hall–Kier alpha value is -1.58. The second kappa shape index (κ2) is 6.25. The Balaban J connectivity index is 2.36. The van der Waals surface area contributed by atoms with Crippen LogP contribution in [0.2, 0.25) is 5.02 Å². The molecule has 0 saturated heterocycles. The van der Waals surface area contributed by atoms with Gasteiger partial charge in [-0.25, -0.2) is 4.39 Å². The normalized spacial score (nSPS) is 12.2. The van der Waals surface area contributed by atoms with Crippen molar-refractivity contribution in [3.05, 3.63) is 64.4 Å². The molecule has 0 aromatic heterocycles. The topological polar surface area (TPSA) is 29.3 Å². The van der Waals surface area contributed by atoms with Gasteiger partial charge in [0.25, 0.3) is 0 Å². The molecule has 0 fully saturated rings. The number of hydrogen-bond donors (Lipinski definition) is 1. The molecule has 0 aliphatic rings. The zero-order chi connectivity index (χ0) is 14.7. The maximum atomic E-state index is 13.9. The highest BCUT2D eigenvalue weighted by molar-refractivity contribution is 6.30. The number of nitrogens with zero attached hydrogens (tertiary/aromatic N) is 1. The lowest BCUT2D eigenvalue weighted by Crippen LogP contribution is -2.24. The Morgan fingerprint density at radius 1 is 1.25 bits per heavy atom. The number of nitrogens with two attached hydrogens (primary N) is 1. The molecule has 0 radical (unpaired) electrons. The van der Waals surface area contributed by atoms with Crippen LogP contribution in [0.1, 0.15) is 24.1 Å². The standard InChI is InChI=1S/C16H18ClFN2/c1-11(14-5-3-4-6-15(14)18)20(2)16-8-7-13(17)9-12(16)10-19/h3-9,11H,10,19H2,1-2H3. The maximum absolute atomic E-state index is 13.9. The third-order valence-electron chi connectivity index (χ3n) is 3.58. The highest BCUT2D eigenvalue weighted by Crippen LogP contribution is 2.30. The Bertz CT molecular complexity index is 601. The summed E-state index contributed by atoms with van der Waals surface area (Å²) in [6.07, 6.45) is 0. The van der Waals surface area contributed by atoms with Crippen molar-refractivity contribution in [3.8, 4) is 0 Å². The molecule has 2 aromatic carbocycles. The first kappa shape index (κ1) is 14.8. The summed E-state index contributed by atoms with van der Waals surface area (Å²) in [5, 5.41) is 0.654. The van der Waals surface area contributed by atoms with E-state index in [1.807, 2.05) is 43.1 Å². The molecule has 20 heavy (non-hydrogen) atoms. The van der Waals surface area contributed by atoms with Gasteiger partial charge in [-0.05, 0) is 36.8 Å². The van der Waals surface area contributed by atoms with E-state index in [1.165, 1.54) is 6.07 Å². The zero-order valence-corrected chi connectivity index (χ0v) is 12.4. The van der Waals surface area contributed by atoms with Gasteiger partial charge in [-0.3, -0.25) is 0 Å². The molecular weight excluding hydrogens is 275 g/mol. The Morgan fingerprint density at radius 2 is 1.95 bits per heavy atom. The molecule has 2 aromatic rings. The lowest BCUT2D eigenvalue weighted by Gasteiger charge is -2.29. The number of rotatable bonds is 4. The van der Waals surface area contributed by atoms with Crippen LogP contribution in [0.5, 0.6) is 0 Å². The van der Waals surface area contributed by atoms with E-state index in [-0.39, 0.29) is 11.9 Å². The molecule has 2 rings (SSSR count). The van der Waals surface area contributed by atoms with Crippen molar-refractivity contribution >= 4 is 17.3 Å². The van der Waals surface area contributed by atoms with Crippen molar-refractivity contribution < 1.29 is 4.39 Å². The fourth-order valence-corrected chi connectivity index (χ4v) is 2.49. The smallest absolute Gasteiger partial charge is 0.128 e. The molecule has 1 unspecified atom stereocenters. The van der Waals surface area contributed by atoms with Gasteiger partial charge in [0.05, 0.1) is 6.04 Å². The van der Waals surface area contributed by atoms with Gasteiger partial charge < -0.3 is 10.6 Å². The molecule has 0 amide bonds. The molecule has 0 spiro atoms. The average Bonchev–Trinajstić information content (AvgIpc) is 2.46. The monoisotopic (exact) mass is 292 g/mol. The summed E-state index contributed by atoms with van der Waals surface area (Å²) < 4.78 is 13.9. The van der Waals surface area contributed by atoms with Crippen LogP contribution in [0.15, 0.2) is 42.5 Å². The minimum Gasteiger partial charge on any atom is -0.367 e. The number of halogens is 2. The van der Waals surface area contributed by atoms with Crippen LogP contribution in [-0.2, 0) is 6.54 Å². The predicted octanol–water partition coefficient (Wildman–Crippen LogP) is 4.14. The molecule has 106 valence electrons. The van der Waals surface area contributed by atoms with Gasteiger partial charge in [0.2, 0.25) is 0 Å². The summed E-state index contributed by atoms with van der Waals surface area (Å²) in [6, 6.07) is 12.3. The van der Waals surface area contributed by atoms with Crippen LogP contribution in [0, 0.1) is 5.82 Å². The van der Waals surface area contributed by atoms with E-state index in [4.69, 9.17) is 17.3 Å². The average molecular weight is 293 g/mol. The van der Waals surface area contributed by atoms with Gasteiger partial charge in [-0.1, -0.05) is 29.8 Å². The zero-order valence-electron chi connectivity index (χ0n) is 11.6. The van der Waals surface area contributed by atoms with E-state index in [0.29, 0.717) is 17.1 Å². The van der Waals surface area contributed by atoms with Gasteiger partial charge in [-0.15, -0.1) is 0 Å². The molecule has 0 bridgehead atoms.